The Bertz CT molecular complexity index is 621. The number of benzene rings is 1. The molecule has 3 nitrogen and oxygen atoms in total. The molecule has 5 heteroatoms. The van der Waals surface area contributed by atoms with E-state index in [1.54, 1.807) is 18.2 Å². The van der Waals surface area contributed by atoms with E-state index >= 15 is 0 Å². The summed E-state index contributed by atoms with van der Waals surface area (Å²) in [5.41, 5.74) is 1.03. The van der Waals surface area contributed by atoms with Gasteiger partial charge >= 0.3 is 0 Å². The summed E-state index contributed by atoms with van der Waals surface area (Å²) in [6.07, 6.45) is 0. The van der Waals surface area contributed by atoms with Crippen LogP contribution in [0.25, 0.3) is 10.9 Å². The summed E-state index contributed by atoms with van der Waals surface area (Å²) < 4.78 is 0.677. The molecule has 0 saturated carbocycles. The zero-order chi connectivity index (χ0) is 11.7. The molecule has 0 aliphatic rings. The number of alkyl halides is 1. The Kier molecular flexibility index (Phi) is 3.12. The quantitative estimate of drug-likeness (QED) is 0.685. The Labute approximate surface area is 105 Å². The summed E-state index contributed by atoms with van der Waals surface area (Å²) in [5.74, 6) is -0.197. The van der Waals surface area contributed by atoms with E-state index in [-0.39, 0.29) is 17.2 Å². The van der Waals surface area contributed by atoms with Crippen LogP contribution in [0.4, 0.5) is 0 Å². The smallest absolute Gasteiger partial charge is 0.248 e. The van der Waals surface area contributed by atoms with E-state index < -0.39 is 0 Å². The van der Waals surface area contributed by atoms with Gasteiger partial charge < -0.3 is 4.98 Å². The number of aromatic amines is 1. The third-order valence-electron chi connectivity index (χ3n) is 2.23. The van der Waals surface area contributed by atoms with Crippen molar-refractivity contribution in [3.8, 4) is 0 Å². The second-order valence-electron chi connectivity index (χ2n) is 3.30. The maximum Gasteiger partial charge on any atom is 0.248 e. The van der Waals surface area contributed by atoms with Crippen LogP contribution in [0.1, 0.15) is 10.4 Å². The standard InChI is InChI=1S/C11H7BrClNO2/c12-8-4-7(9(15)5-13)3-6-1-2-10(16)14-11(6)8/h1-4H,5H2,(H,14,16). The number of hydrogen-bond acceptors (Lipinski definition) is 2. The molecule has 0 aliphatic heterocycles. The number of carbonyl (C=O) groups is 1. The van der Waals surface area contributed by atoms with E-state index in [4.69, 9.17) is 11.6 Å². The van der Waals surface area contributed by atoms with Gasteiger partial charge in [0.15, 0.2) is 5.78 Å². The fraction of sp³-hybridized carbons (Fsp3) is 0.0909. The van der Waals surface area contributed by atoms with E-state index in [0.29, 0.717) is 15.6 Å². The highest BCUT2D eigenvalue weighted by atomic mass is 79.9. The van der Waals surface area contributed by atoms with Gasteiger partial charge in [0.2, 0.25) is 5.56 Å². The predicted octanol–water partition coefficient (Wildman–Crippen LogP) is 2.71. The molecule has 0 unspecified atom stereocenters. The molecular formula is C11H7BrClNO2. The SMILES string of the molecule is O=C(CCl)c1cc(Br)c2[nH]c(=O)ccc2c1. The minimum atomic E-state index is -0.176. The van der Waals surface area contributed by atoms with Crippen LogP contribution in [0.5, 0.6) is 0 Å². The van der Waals surface area contributed by atoms with Crippen molar-refractivity contribution >= 4 is 44.2 Å². The first-order valence-electron chi connectivity index (χ1n) is 4.53. The summed E-state index contributed by atoms with van der Waals surface area (Å²) in [5, 5.41) is 0.794. The molecule has 0 fully saturated rings. The number of pyridine rings is 1. The molecule has 0 aliphatic carbocycles. The number of Topliss-reactive ketones (excluding diaryl/α,β-unsaturated/α-hetero) is 1. The van der Waals surface area contributed by atoms with Gasteiger partial charge in [-0.3, -0.25) is 9.59 Å². The lowest BCUT2D eigenvalue weighted by Gasteiger charge is -2.03. The Morgan fingerprint density at radius 1 is 1.38 bits per heavy atom. The monoisotopic (exact) mass is 299 g/mol. The zero-order valence-corrected chi connectivity index (χ0v) is 10.4. The van der Waals surface area contributed by atoms with Crippen LogP contribution in [-0.4, -0.2) is 16.6 Å². The summed E-state index contributed by atoms with van der Waals surface area (Å²) in [4.78, 5) is 25.3. The Morgan fingerprint density at radius 2 is 2.12 bits per heavy atom. The van der Waals surface area contributed by atoms with Crippen LogP contribution in [0.2, 0.25) is 0 Å². The van der Waals surface area contributed by atoms with Crippen molar-refractivity contribution in [2.24, 2.45) is 0 Å². The largest absolute Gasteiger partial charge is 0.321 e. The van der Waals surface area contributed by atoms with Crippen LogP contribution in [-0.2, 0) is 0 Å². The van der Waals surface area contributed by atoms with Crippen LogP contribution in [0.15, 0.2) is 33.5 Å². The first-order chi connectivity index (χ1) is 7.61. The Morgan fingerprint density at radius 3 is 2.81 bits per heavy atom. The maximum absolute atomic E-state index is 11.5. The fourth-order valence-electron chi connectivity index (χ4n) is 1.46. The lowest BCUT2D eigenvalue weighted by molar-refractivity contribution is 0.102. The Balaban J connectivity index is 2.73. The van der Waals surface area contributed by atoms with Crippen LogP contribution in [0.3, 0.4) is 0 Å². The molecule has 1 aromatic heterocycles. The first-order valence-corrected chi connectivity index (χ1v) is 5.86. The molecule has 82 valence electrons. The molecule has 0 amide bonds. The predicted molar refractivity (Wildman–Crippen MR) is 67.3 cm³/mol. The lowest BCUT2D eigenvalue weighted by atomic mass is 10.1. The molecule has 0 radical (unpaired) electrons. The highest BCUT2D eigenvalue weighted by molar-refractivity contribution is 9.10. The highest BCUT2D eigenvalue weighted by Gasteiger charge is 2.08. The zero-order valence-electron chi connectivity index (χ0n) is 8.09. The molecule has 1 heterocycles. The number of hydrogen-bond donors (Lipinski definition) is 1. The third kappa shape index (κ3) is 2.03. The first kappa shape index (κ1) is 11.4. The number of halogens is 2. The second kappa shape index (κ2) is 4.39. The number of H-pyrrole nitrogens is 1. The molecule has 0 bridgehead atoms. The van der Waals surface area contributed by atoms with Gasteiger partial charge in [0.05, 0.1) is 11.4 Å². The van der Waals surface area contributed by atoms with Crippen molar-refractivity contribution in [1.29, 1.82) is 0 Å². The van der Waals surface area contributed by atoms with Crippen molar-refractivity contribution in [3.05, 3.63) is 44.7 Å². The molecule has 0 atom stereocenters. The average molecular weight is 301 g/mol. The van der Waals surface area contributed by atoms with Gasteiger partial charge in [-0.2, -0.15) is 0 Å². The van der Waals surface area contributed by atoms with Crippen molar-refractivity contribution in [2.45, 2.75) is 0 Å². The number of fused-ring (bicyclic) bond motifs is 1. The molecule has 1 N–H and O–H groups in total. The summed E-state index contributed by atoms with van der Waals surface area (Å²) in [7, 11) is 0. The van der Waals surface area contributed by atoms with Crippen molar-refractivity contribution in [1.82, 2.24) is 4.98 Å². The van der Waals surface area contributed by atoms with E-state index in [1.807, 2.05) is 0 Å². The highest BCUT2D eigenvalue weighted by Crippen LogP contribution is 2.23. The molecule has 2 rings (SSSR count). The minimum absolute atomic E-state index is 0.0543. The number of rotatable bonds is 2. The van der Waals surface area contributed by atoms with Gasteiger partial charge in [-0.25, -0.2) is 0 Å². The molecule has 2 aromatic rings. The van der Waals surface area contributed by atoms with Crippen LogP contribution in [0, 0.1) is 0 Å². The Hall–Kier alpha value is -1.13. The van der Waals surface area contributed by atoms with E-state index in [9.17, 15) is 9.59 Å². The molecule has 16 heavy (non-hydrogen) atoms. The van der Waals surface area contributed by atoms with Crippen LogP contribution >= 0.6 is 27.5 Å². The van der Waals surface area contributed by atoms with Gasteiger partial charge in [0.1, 0.15) is 0 Å². The lowest BCUT2D eigenvalue weighted by Crippen LogP contribution is -2.05. The second-order valence-corrected chi connectivity index (χ2v) is 4.42. The van der Waals surface area contributed by atoms with Gasteiger partial charge in [-0.05, 0) is 34.1 Å². The number of ketones is 1. The molecule has 1 aromatic carbocycles. The topological polar surface area (TPSA) is 49.9 Å². The van der Waals surface area contributed by atoms with Gasteiger partial charge in [0, 0.05) is 21.5 Å². The maximum atomic E-state index is 11.5. The summed E-state index contributed by atoms with van der Waals surface area (Å²) >= 11 is 8.81. The molecular weight excluding hydrogens is 293 g/mol. The summed E-state index contributed by atoms with van der Waals surface area (Å²) in [6.45, 7) is 0. The minimum Gasteiger partial charge on any atom is -0.321 e. The van der Waals surface area contributed by atoms with Crippen molar-refractivity contribution < 1.29 is 4.79 Å². The number of nitrogens with one attached hydrogen (secondary N) is 1. The van der Waals surface area contributed by atoms with E-state index in [2.05, 4.69) is 20.9 Å². The van der Waals surface area contributed by atoms with Crippen molar-refractivity contribution in [2.75, 3.05) is 5.88 Å². The average Bonchev–Trinajstić information content (AvgIpc) is 2.28. The molecule has 0 spiro atoms. The van der Waals surface area contributed by atoms with Gasteiger partial charge in [-0.15, -0.1) is 11.6 Å². The number of carbonyl (C=O) groups excluding carboxylic acids is 1. The summed E-state index contributed by atoms with van der Waals surface area (Å²) in [6, 6.07) is 6.46. The van der Waals surface area contributed by atoms with Gasteiger partial charge in [0.25, 0.3) is 0 Å². The van der Waals surface area contributed by atoms with Crippen LogP contribution < -0.4 is 5.56 Å². The van der Waals surface area contributed by atoms with Crippen molar-refractivity contribution in [3.63, 3.8) is 0 Å². The fourth-order valence-corrected chi connectivity index (χ4v) is 2.19. The van der Waals surface area contributed by atoms with E-state index in [1.165, 1.54) is 6.07 Å². The molecule has 0 saturated heterocycles. The number of aromatic nitrogens is 1. The normalized spacial score (nSPS) is 10.6. The van der Waals surface area contributed by atoms with Gasteiger partial charge in [-0.1, -0.05) is 0 Å². The third-order valence-corrected chi connectivity index (χ3v) is 3.09. The van der Waals surface area contributed by atoms with E-state index in [0.717, 1.165) is 5.39 Å².